The number of aromatic nitrogens is 2. The molecular formula is C20H30N6O. The van der Waals surface area contributed by atoms with E-state index in [0.29, 0.717) is 0 Å². The molecule has 3 rings (SSSR count). The van der Waals surface area contributed by atoms with Crippen molar-refractivity contribution in [3.8, 4) is 5.75 Å². The Morgan fingerprint density at radius 1 is 1.26 bits per heavy atom. The summed E-state index contributed by atoms with van der Waals surface area (Å²) in [6.45, 7) is 4.78. The molecule has 0 spiro atoms. The number of aliphatic imine (C=N–C) groups is 1. The van der Waals surface area contributed by atoms with Gasteiger partial charge in [0, 0.05) is 64.8 Å². The van der Waals surface area contributed by atoms with Crippen LogP contribution in [0.25, 0.3) is 0 Å². The summed E-state index contributed by atoms with van der Waals surface area (Å²) in [6, 6.07) is 8.27. The van der Waals surface area contributed by atoms with Gasteiger partial charge in [0.05, 0.1) is 13.3 Å². The van der Waals surface area contributed by atoms with Crippen molar-refractivity contribution < 1.29 is 4.74 Å². The van der Waals surface area contributed by atoms with E-state index in [-0.39, 0.29) is 0 Å². The van der Waals surface area contributed by atoms with E-state index in [4.69, 9.17) is 4.74 Å². The lowest BCUT2D eigenvalue weighted by molar-refractivity contribution is 0.372. The molecule has 7 heteroatoms. The molecule has 0 bridgehead atoms. The molecule has 0 aliphatic carbocycles. The largest absolute Gasteiger partial charge is 0.497 e. The highest BCUT2D eigenvalue weighted by molar-refractivity contribution is 5.80. The zero-order valence-corrected chi connectivity index (χ0v) is 16.6. The van der Waals surface area contributed by atoms with E-state index in [2.05, 4.69) is 43.5 Å². The van der Waals surface area contributed by atoms with E-state index in [1.807, 2.05) is 37.1 Å². The third kappa shape index (κ3) is 5.15. The van der Waals surface area contributed by atoms with Crippen molar-refractivity contribution in [2.24, 2.45) is 12.0 Å². The van der Waals surface area contributed by atoms with Crippen LogP contribution in [0.15, 0.2) is 41.7 Å². The van der Waals surface area contributed by atoms with Crippen LogP contribution in [0.4, 0.5) is 5.69 Å². The van der Waals surface area contributed by atoms with Crippen molar-refractivity contribution in [2.45, 2.75) is 12.8 Å². The molecule has 0 unspecified atom stereocenters. The Morgan fingerprint density at radius 2 is 2.07 bits per heavy atom. The second-order valence-corrected chi connectivity index (χ2v) is 6.78. The molecule has 27 heavy (non-hydrogen) atoms. The third-order valence-corrected chi connectivity index (χ3v) is 4.89. The van der Waals surface area contributed by atoms with Crippen molar-refractivity contribution in [1.82, 2.24) is 20.0 Å². The predicted molar refractivity (Wildman–Crippen MR) is 110 cm³/mol. The topological polar surface area (TPSA) is 57.9 Å². The molecule has 0 radical (unpaired) electrons. The maximum Gasteiger partial charge on any atom is 0.193 e. The van der Waals surface area contributed by atoms with E-state index in [9.17, 15) is 0 Å². The van der Waals surface area contributed by atoms with Crippen LogP contribution in [0, 0.1) is 0 Å². The molecule has 2 heterocycles. The molecule has 146 valence electrons. The first kappa shape index (κ1) is 19.1. The fraction of sp³-hybridized carbons (Fsp3) is 0.500. The summed E-state index contributed by atoms with van der Waals surface area (Å²) in [6.07, 6.45) is 6.11. The van der Waals surface area contributed by atoms with Crippen LogP contribution >= 0.6 is 0 Å². The van der Waals surface area contributed by atoms with Crippen molar-refractivity contribution in [1.29, 1.82) is 0 Å². The first-order valence-electron chi connectivity index (χ1n) is 9.51. The molecule has 1 N–H and O–H groups in total. The second-order valence-electron chi connectivity index (χ2n) is 6.78. The van der Waals surface area contributed by atoms with Gasteiger partial charge in [-0.25, -0.2) is 0 Å². The van der Waals surface area contributed by atoms with Crippen LogP contribution < -0.4 is 15.0 Å². The molecule has 2 aromatic rings. The van der Waals surface area contributed by atoms with E-state index in [1.165, 1.54) is 11.3 Å². The van der Waals surface area contributed by atoms with Gasteiger partial charge in [-0.05, 0) is 30.5 Å². The number of ether oxygens (including phenoxy) is 1. The lowest BCUT2D eigenvalue weighted by Gasteiger charge is -2.37. The quantitative estimate of drug-likeness (QED) is 0.477. The maximum atomic E-state index is 5.34. The van der Waals surface area contributed by atoms with Gasteiger partial charge >= 0.3 is 0 Å². The maximum absolute atomic E-state index is 5.34. The van der Waals surface area contributed by atoms with Gasteiger partial charge in [0.1, 0.15) is 5.75 Å². The highest BCUT2D eigenvalue weighted by Crippen LogP contribution is 2.22. The van der Waals surface area contributed by atoms with Gasteiger partial charge in [-0.3, -0.25) is 9.67 Å². The Hall–Kier alpha value is -2.70. The van der Waals surface area contributed by atoms with Crippen LogP contribution in [0.2, 0.25) is 0 Å². The smallest absolute Gasteiger partial charge is 0.193 e. The van der Waals surface area contributed by atoms with Crippen LogP contribution in [-0.4, -0.2) is 67.5 Å². The Morgan fingerprint density at radius 3 is 2.74 bits per heavy atom. The van der Waals surface area contributed by atoms with E-state index < -0.39 is 0 Å². The van der Waals surface area contributed by atoms with Gasteiger partial charge in [0.25, 0.3) is 0 Å². The highest BCUT2D eigenvalue weighted by Gasteiger charge is 2.19. The summed E-state index contributed by atoms with van der Waals surface area (Å²) < 4.78 is 7.19. The molecule has 0 saturated carbocycles. The predicted octanol–water partition coefficient (Wildman–Crippen LogP) is 1.76. The number of methoxy groups -OCH3 is 1. The van der Waals surface area contributed by atoms with Crippen LogP contribution in [0.1, 0.15) is 12.0 Å². The third-order valence-electron chi connectivity index (χ3n) is 4.89. The molecule has 1 saturated heterocycles. The molecule has 1 aromatic carbocycles. The molecule has 1 aromatic heterocycles. The minimum absolute atomic E-state index is 0.904. The Balaban J connectivity index is 1.44. The molecule has 1 aliphatic rings. The van der Waals surface area contributed by atoms with Crippen molar-refractivity contribution in [3.05, 3.63) is 42.2 Å². The number of anilines is 1. The number of piperazine rings is 1. The van der Waals surface area contributed by atoms with Crippen LogP contribution in [0.5, 0.6) is 5.75 Å². The van der Waals surface area contributed by atoms with Crippen molar-refractivity contribution >= 4 is 11.6 Å². The van der Waals surface area contributed by atoms with Crippen LogP contribution in [-0.2, 0) is 13.5 Å². The second kappa shape index (κ2) is 9.30. The average molecular weight is 371 g/mol. The molecule has 7 nitrogen and oxygen atoms in total. The number of nitrogens with one attached hydrogen (secondary N) is 1. The van der Waals surface area contributed by atoms with Gasteiger partial charge in [-0.2, -0.15) is 5.10 Å². The Bertz CT molecular complexity index is 748. The summed E-state index contributed by atoms with van der Waals surface area (Å²) in [5, 5.41) is 7.71. The Labute approximate surface area is 161 Å². The summed E-state index contributed by atoms with van der Waals surface area (Å²) >= 11 is 0. The fourth-order valence-corrected chi connectivity index (χ4v) is 3.41. The minimum atomic E-state index is 0.904. The monoisotopic (exact) mass is 370 g/mol. The first-order valence-corrected chi connectivity index (χ1v) is 9.51. The number of benzene rings is 1. The van der Waals surface area contributed by atoms with Crippen molar-refractivity contribution in [3.63, 3.8) is 0 Å². The minimum Gasteiger partial charge on any atom is -0.497 e. The molecule has 0 amide bonds. The normalized spacial score (nSPS) is 15.1. The number of aryl methyl sites for hydroxylation is 2. The number of guanidine groups is 1. The van der Waals surface area contributed by atoms with Gasteiger partial charge in [-0.15, -0.1) is 0 Å². The van der Waals surface area contributed by atoms with E-state index in [0.717, 1.165) is 57.3 Å². The fourth-order valence-electron chi connectivity index (χ4n) is 3.41. The van der Waals surface area contributed by atoms with Gasteiger partial charge in [-0.1, -0.05) is 6.07 Å². The number of hydrogen-bond donors (Lipinski definition) is 1. The SMILES string of the molecule is CN=C(NCCCc1cnn(C)c1)N1CCN(c2cccc(OC)c2)CC1. The highest BCUT2D eigenvalue weighted by atomic mass is 16.5. The van der Waals surface area contributed by atoms with Gasteiger partial charge in [0.2, 0.25) is 0 Å². The lowest BCUT2D eigenvalue weighted by Crippen LogP contribution is -2.52. The molecule has 1 fully saturated rings. The van der Waals surface area contributed by atoms with Crippen molar-refractivity contribution in [2.75, 3.05) is 51.8 Å². The molecule has 0 atom stereocenters. The van der Waals surface area contributed by atoms with Gasteiger partial charge < -0.3 is 19.9 Å². The zero-order valence-electron chi connectivity index (χ0n) is 16.6. The van der Waals surface area contributed by atoms with Crippen LogP contribution in [0.3, 0.4) is 0 Å². The number of hydrogen-bond acceptors (Lipinski definition) is 4. The summed E-state index contributed by atoms with van der Waals surface area (Å²) in [7, 11) is 5.52. The average Bonchev–Trinajstić information content (AvgIpc) is 3.13. The summed E-state index contributed by atoms with van der Waals surface area (Å²) in [5.41, 5.74) is 2.50. The van der Waals surface area contributed by atoms with E-state index >= 15 is 0 Å². The zero-order chi connectivity index (χ0) is 19.1. The van der Waals surface area contributed by atoms with Gasteiger partial charge in [0.15, 0.2) is 5.96 Å². The first-order chi connectivity index (χ1) is 13.2. The summed E-state index contributed by atoms with van der Waals surface area (Å²) in [4.78, 5) is 9.19. The number of nitrogens with zero attached hydrogens (tertiary/aromatic N) is 5. The molecule has 1 aliphatic heterocycles. The standard InChI is InChI=1S/C20H30N6O/c1-21-20(22-9-5-6-17-15-23-24(2)16-17)26-12-10-25(11-13-26)18-7-4-8-19(14-18)27-3/h4,7-8,14-16H,5-6,9-13H2,1-3H3,(H,21,22). The summed E-state index contributed by atoms with van der Waals surface area (Å²) in [5.74, 6) is 1.90. The Kier molecular flexibility index (Phi) is 6.57. The lowest BCUT2D eigenvalue weighted by atomic mass is 10.2. The molecular weight excluding hydrogens is 340 g/mol. The van der Waals surface area contributed by atoms with E-state index in [1.54, 1.807) is 7.11 Å². The number of rotatable bonds is 6.